The van der Waals surface area contributed by atoms with Crippen LogP contribution >= 0.6 is 11.3 Å². The van der Waals surface area contributed by atoms with Crippen LogP contribution in [0, 0.1) is 0 Å². The number of nitrogens with zero attached hydrogens (tertiary/aromatic N) is 3. The predicted octanol–water partition coefficient (Wildman–Crippen LogP) is 5.28. The van der Waals surface area contributed by atoms with Crippen LogP contribution in [0.4, 0.5) is 5.13 Å². The lowest BCUT2D eigenvalue weighted by atomic mass is 10.1. The number of carbonyl (C=O) groups excluding carboxylic acids is 1. The van der Waals surface area contributed by atoms with E-state index in [0.717, 1.165) is 27.8 Å². The molecular weight excluding hydrogens is 454 g/mol. The van der Waals surface area contributed by atoms with Crippen LogP contribution in [0.2, 0.25) is 0 Å². The van der Waals surface area contributed by atoms with E-state index in [0.29, 0.717) is 10.7 Å². The van der Waals surface area contributed by atoms with E-state index in [1.807, 2.05) is 30.3 Å². The van der Waals surface area contributed by atoms with E-state index in [4.69, 9.17) is 4.98 Å². The molecule has 170 valence electrons. The van der Waals surface area contributed by atoms with Crippen molar-refractivity contribution in [2.24, 2.45) is 0 Å². The molecule has 2 aromatic heterocycles. The number of para-hydroxylation sites is 1. The molecule has 0 aliphatic carbocycles. The average molecular weight is 480 g/mol. The smallest absolute Gasteiger partial charge is 0.260 e. The lowest BCUT2D eigenvalue weighted by Crippen LogP contribution is -2.30. The number of carbonyl (C=O) groups is 1. The van der Waals surface area contributed by atoms with Gasteiger partial charge in [0.2, 0.25) is 0 Å². The zero-order valence-corrected chi connectivity index (χ0v) is 20.4. The molecule has 6 nitrogen and oxygen atoms in total. The molecule has 0 bridgehead atoms. The Bertz CT molecular complexity index is 1400. The predicted molar refractivity (Wildman–Crippen MR) is 133 cm³/mol. The van der Waals surface area contributed by atoms with Gasteiger partial charge in [-0.2, -0.15) is 0 Å². The highest BCUT2D eigenvalue weighted by Gasteiger charge is 2.25. The molecule has 1 amide bonds. The molecule has 2 aromatic carbocycles. The van der Waals surface area contributed by atoms with Crippen LogP contribution < -0.4 is 4.90 Å². The largest absolute Gasteiger partial charge is 0.279 e. The quantitative estimate of drug-likeness (QED) is 0.360. The molecular formula is C25H25N3O3S2. The Morgan fingerprint density at radius 3 is 2.58 bits per heavy atom. The monoisotopic (exact) mass is 479 g/mol. The van der Waals surface area contributed by atoms with Crippen LogP contribution in [0.1, 0.15) is 42.3 Å². The van der Waals surface area contributed by atoms with E-state index in [1.165, 1.54) is 23.5 Å². The van der Waals surface area contributed by atoms with Crippen LogP contribution in [0.3, 0.4) is 0 Å². The molecule has 0 radical (unpaired) electrons. The number of sulfone groups is 1. The van der Waals surface area contributed by atoms with Crippen molar-refractivity contribution in [3.63, 3.8) is 0 Å². The van der Waals surface area contributed by atoms with Gasteiger partial charge in [-0.3, -0.25) is 14.7 Å². The zero-order valence-electron chi connectivity index (χ0n) is 18.7. The fourth-order valence-electron chi connectivity index (χ4n) is 3.53. The standard InChI is InChI=1S/C25H25N3O3S2/c1-4-19-9-6-12-22-23(19)27-25(32-22)28(16-18-8-7-13-26-15-18)24(29)20-10-5-11-21(14-20)33(30,31)17(2)3/h5-15,17H,4,16H2,1-3H3. The van der Waals surface area contributed by atoms with Crippen LogP contribution in [-0.2, 0) is 22.8 Å². The van der Waals surface area contributed by atoms with Gasteiger partial charge in [0.15, 0.2) is 15.0 Å². The van der Waals surface area contributed by atoms with Gasteiger partial charge in [0.1, 0.15) is 0 Å². The summed E-state index contributed by atoms with van der Waals surface area (Å²) in [7, 11) is -3.51. The highest BCUT2D eigenvalue weighted by molar-refractivity contribution is 7.92. The Balaban J connectivity index is 1.80. The number of hydrogen-bond donors (Lipinski definition) is 0. The molecule has 0 aliphatic rings. The summed E-state index contributed by atoms with van der Waals surface area (Å²) < 4.78 is 26.4. The van der Waals surface area contributed by atoms with Gasteiger partial charge in [-0.05, 0) is 61.7 Å². The molecule has 0 fully saturated rings. The van der Waals surface area contributed by atoms with Gasteiger partial charge in [0.05, 0.1) is 26.9 Å². The third-order valence-corrected chi connectivity index (χ3v) is 8.64. The van der Waals surface area contributed by atoms with Crippen molar-refractivity contribution in [3.05, 3.63) is 83.7 Å². The van der Waals surface area contributed by atoms with Crippen LogP contribution in [0.15, 0.2) is 71.9 Å². The number of aryl methyl sites for hydroxylation is 1. The van der Waals surface area contributed by atoms with E-state index in [-0.39, 0.29) is 17.3 Å². The number of thiazole rings is 1. The molecule has 0 spiro atoms. The molecule has 0 saturated carbocycles. The minimum atomic E-state index is -3.51. The maximum Gasteiger partial charge on any atom is 0.260 e. The second-order valence-corrected chi connectivity index (χ2v) is 11.5. The lowest BCUT2D eigenvalue weighted by Gasteiger charge is -2.20. The summed E-state index contributed by atoms with van der Waals surface area (Å²) >= 11 is 1.45. The Morgan fingerprint density at radius 1 is 1.09 bits per heavy atom. The summed E-state index contributed by atoms with van der Waals surface area (Å²) in [6.45, 7) is 5.61. The van der Waals surface area contributed by atoms with Crippen molar-refractivity contribution in [1.29, 1.82) is 0 Å². The van der Waals surface area contributed by atoms with Gasteiger partial charge in [-0.15, -0.1) is 0 Å². The van der Waals surface area contributed by atoms with E-state index in [2.05, 4.69) is 11.9 Å². The zero-order chi connectivity index (χ0) is 23.6. The minimum Gasteiger partial charge on any atom is -0.279 e. The maximum absolute atomic E-state index is 13.7. The van der Waals surface area contributed by atoms with E-state index in [9.17, 15) is 13.2 Å². The van der Waals surface area contributed by atoms with Gasteiger partial charge in [0.25, 0.3) is 5.91 Å². The number of rotatable bonds is 7. The van der Waals surface area contributed by atoms with Crippen molar-refractivity contribution in [2.45, 2.75) is 43.9 Å². The number of anilines is 1. The van der Waals surface area contributed by atoms with Gasteiger partial charge in [-0.1, -0.05) is 42.5 Å². The molecule has 0 aliphatic heterocycles. The second-order valence-electron chi connectivity index (χ2n) is 7.99. The highest BCUT2D eigenvalue weighted by Crippen LogP contribution is 2.33. The molecule has 4 rings (SSSR count). The first-order chi connectivity index (χ1) is 15.8. The molecule has 4 aromatic rings. The molecule has 0 unspecified atom stereocenters. The Kier molecular flexibility index (Phi) is 6.58. The Morgan fingerprint density at radius 2 is 1.88 bits per heavy atom. The lowest BCUT2D eigenvalue weighted by molar-refractivity contribution is 0.0985. The summed E-state index contributed by atoms with van der Waals surface area (Å²) in [5.74, 6) is -0.309. The van der Waals surface area contributed by atoms with Crippen molar-refractivity contribution < 1.29 is 13.2 Å². The Labute approximate surface area is 197 Å². The van der Waals surface area contributed by atoms with Crippen LogP contribution in [0.5, 0.6) is 0 Å². The van der Waals surface area contributed by atoms with Gasteiger partial charge >= 0.3 is 0 Å². The first kappa shape index (κ1) is 23.1. The third kappa shape index (κ3) is 4.67. The average Bonchev–Trinajstić information content (AvgIpc) is 3.27. The van der Waals surface area contributed by atoms with Crippen molar-refractivity contribution in [3.8, 4) is 0 Å². The number of hydrogen-bond acceptors (Lipinski definition) is 6. The minimum absolute atomic E-state index is 0.141. The second kappa shape index (κ2) is 9.41. The van der Waals surface area contributed by atoms with Crippen LogP contribution in [0.25, 0.3) is 10.2 Å². The SMILES string of the molecule is CCc1cccc2sc(N(Cc3cccnc3)C(=O)c3cccc(S(=O)(=O)C(C)C)c3)nc12. The number of benzene rings is 2. The molecule has 8 heteroatoms. The summed E-state index contributed by atoms with van der Waals surface area (Å²) in [4.78, 5) is 24.4. The molecule has 2 heterocycles. The van der Waals surface area contributed by atoms with E-state index >= 15 is 0 Å². The molecule has 0 N–H and O–H groups in total. The van der Waals surface area contributed by atoms with Crippen molar-refractivity contribution in [1.82, 2.24) is 9.97 Å². The van der Waals surface area contributed by atoms with Crippen molar-refractivity contribution >= 4 is 42.4 Å². The fraction of sp³-hybridized carbons (Fsp3) is 0.240. The number of aromatic nitrogens is 2. The number of amides is 1. The highest BCUT2D eigenvalue weighted by atomic mass is 32.2. The van der Waals surface area contributed by atoms with E-state index in [1.54, 1.807) is 43.3 Å². The summed E-state index contributed by atoms with van der Waals surface area (Å²) in [5.41, 5.74) is 3.16. The normalized spacial score (nSPS) is 11.8. The van der Waals surface area contributed by atoms with Crippen molar-refractivity contribution in [2.75, 3.05) is 4.90 Å². The topological polar surface area (TPSA) is 80.2 Å². The molecule has 0 saturated heterocycles. The molecule has 0 atom stereocenters. The number of pyridine rings is 1. The number of fused-ring (bicyclic) bond motifs is 1. The summed E-state index contributed by atoms with van der Waals surface area (Å²) in [6, 6.07) is 16.0. The summed E-state index contributed by atoms with van der Waals surface area (Å²) in [6.07, 6.45) is 4.23. The summed E-state index contributed by atoms with van der Waals surface area (Å²) in [5, 5.41) is -0.0112. The van der Waals surface area contributed by atoms with Gasteiger partial charge in [-0.25, -0.2) is 13.4 Å². The van der Waals surface area contributed by atoms with Crippen LogP contribution in [-0.4, -0.2) is 29.5 Å². The maximum atomic E-state index is 13.7. The first-order valence-electron chi connectivity index (χ1n) is 10.7. The van der Waals surface area contributed by atoms with E-state index < -0.39 is 15.1 Å². The van der Waals surface area contributed by atoms with Gasteiger partial charge < -0.3 is 0 Å². The fourth-order valence-corrected chi connectivity index (χ4v) is 5.64. The van der Waals surface area contributed by atoms with Gasteiger partial charge in [0, 0.05) is 18.0 Å². The third-order valence-electron chi connectivity index (χ3n) is 5.44. The first-order valence-corrected chi connectivity index (χ1v) is 13.1. The Hall–Kier alpha value is -3.10. The molecule has 33 heavy (non-hydrogen) atoms.